The fraction of sp³-hybridized carbons (Fsp3) is 0.417. The van der Waals surface area contributed by atoms with E-state index in [1.165, 1.54) is 11.1 Å². The molecule has 0 bridgehead atoms. The van der Waals surface area contributed by atoms with E-state index >= 15 is 0 Å². The van der Waals surface area contributed by atoms with Crippen LogP contribution in [0.15, 0.2) is 22.7 Å². The SMILES string of the molecule is O=C(O)[C@H]1CSC2(CCc3c(Br)cccc32)N1. The summed E-state index contributed by atoms with van der Waals surface area (Å²) in [4.78, 5) is 10.9. The molecule has 3 rings (SSSR count). The van der Waals surface area contributed by atoms with Crippen molar-refractivity contribution >= 4 is 33.7 Å². The Kier molecular flexibility index (Phi) is 2.72. The molecule has 1 saturated heterocycles. The number of rotatable bonds is 1. The van der Waals surface area contributed by atoms with Gasteiger partial charge in [-0.1, -0.05) is 28.1 Å². The van der Waals surface area contributed by atoms with E-state index in [1.54, 1.807) is 11.8 Å². The summed E-state index contributed by atoms with van der Waals surface area (Å²) in [5.74, 6) is -0.112. The zero-order chi connectivity index (χ0) is 12.0. The monoisotopic (exact) mass is 313 g/mol. The molecule has 0 radical (unpaired) electrons. The van der Waals surface area contributed by atoms with Crippen molar-refractivity contribution in [1.29, 1.82) is 0 Å². The van der Waals surface area contributed by atoms with Crippen LogP contribution >= 0.6 is 27.7 Å². The first kappa shape index (κ1) is 11.6. The molecule has 1 aromatic rings. The molecule has 5 heteroatoms. The van der Waals surface area contributed by atoms with E-state index in [9.17, 15) is 4.79 Å². The van der Waals surface area contributed by atoms with Gasteiger partial charge in [0, 0.05) is 10.2 Å². The summed E-state index contributed by atoms with van der Waals surface area (Å²) in [5, 5.41) is 12.4. The Hall–Kier alpha value is -0.520. The maximum atomic E-state index is 11.0. The molecule has 1 unspecified atom stereocenters. The molecule has 1 aliphatic carbocycles. The van der Waals surface area contributed by atoms with Crippen molar-refractivity contribution in [1.82, 2.24) is 5.32 Å². The number of carboxylic acids is 1. The van der Waals surface area contributed by atoms with E-state index in [0.717, 1.165) is 17.3 Å². The number of benzene rings is 1. The van der Waals surface area contributed by atoms with Crippen LogP contribution < -0.4 is 5.32 Å². The van der Waals surface area contributed by atoms with Gasteiger partial charge >= 0.3 is 5.97 Å². The topological polar surface area (TPSA) is 49.3 Å². The third-order valence-electron chi connectivity index (χ3n) is 3.48. The van der Waals surface area contributed by atoms with Gasteiger partial charge in [-0.05, 0) is 30.0 Å². The predicted octanol–water partition coefficient (Wildman–Crippen LogP) is 2.34. The molecular weight excluding hydrogens is 302 g/mol. The van der Waals surface area contributed by atoms with Gasteiger partial charge in [0.2, 0.25) is 0 Å². The third-order valence-corrected chi connectivity index (χ3v) is 5.76. The zero-order valence-corrected chi connectivity index (χ0v) is 11.5. The lowest BCUT2D eigenvalue weighted by atomic mass is 10.1. The molecule has 0 saturated carbocycles. The van der Waals surface area contributed by atoms with Crippen molar-refractivity contribution in [3.63, 3.8) is 0 Å². The number of thioether (sulfide) groups is 1. The molecule has 1 aliphatic heterocycles. The molecule has 90 valence electrons. The van der Waals surface area contributed by atoms with Crippen molar-refractivity contribution in [2.75, 3.05) is 5.75 Å². The summed E-state index contributed by atoms with van der Waals surface area (Å²) in [5.41, 5.74) is 2.57. The van der Waals surface area contributed by atoms with Gasteiger partial charge in [0.05, 0.1) is 4.87 Å². The minimum absolute atomic E-state index is 0.178. The molecule has 0 amide bonds. The number of carbonyl (C=O) groups is 1. The maximum absolute atomic E-state index is 11.0. The van der Waals surface area contributed by atoms with Crippen molar-refractivity contribution < 1.29 is 9.90 Å². The van der Waals surface area contributed by atoms with E-state index in [-0.39, 0.29) is 4.87 Å². The minimum Gasteiger partial charge on any atom is -0.480 e. The van der Waals surface area contributed by atoms with Crippen LogP contribution in [0.3, 0.4) is 0 Å². The standard InChI is InChI=1S/C12H12BrNO2S/c13-9-3-1-2-8-7(9)4-5-12(8)14-10(6-17-12)11(15)16/h1-3,10,14H,4-6H2,(H,15,16)/t10-,12?/m1/s1. The van der Waals surface area contributed by atoms with Crippen LogP contribution in [0.5, 0.6) is 0 Å². The van der Waals surface area contributed by atoms with Gasteiger partial charge < -0.3 is 5.11 Å². The summed E-state index contributed by atoms with van der Waals surface area (Å²) >= 11 is 5.30. The number of hydrogen-bond acceptors (Lipinski definition) is 3. The summed E-state index contributed by atoms with van der Waals surface area (Å²) in [6.07, 6.45) is 1.97. The molecule has 3 nitrogen and oxygen atoms in total. The van der Waals surface area contributed by atoms with Gasteiger partial charge in [0.1, 0.15) is 6.04 Å². The summed E-state index contributed by atoms with van der Waals surface area (Å²) in [6.45, 7) is 0. The van der Waals surface area contributed by atoms with E-state index in [4.69, 9.17) is 5.11 Å². The third kappa shape index (κ3) is 1.72. The first-order valence-electron chi connectivity index (χ1n) is 5.55. The fourth-order valence-corrected chi connectivity index (χ4v) is 4.71. The Bertz CT molecular complexity index is 493. The Morgan fingerprint density at radius 3 is 3.12 bits per heavy atom. The molecular formula is C12H12BrNO2S. The number of fused-ring (bicyclic) bond motifs is 2. The molecule has 1 aromatic carbocycles. The van der Waals surface area contributed by atoms with E-state index < -0.39 is 12.0 Å². The second-order valence-electron chi connectivity index (χ2n) is 4.44. The molecule has 2 aliphatic rings. The molecule has 2 N–H and O–H groups in total. The first-order valence-corrected chi connectivity index (χ1v) is 7.32. The Morgan fingerprint density at radius 1 is 1.59 bits per heavy atom. The zero-order valence-electron chi connectivity index (χ0n) is 9.07. The van der Waals surface area contributed by atoms with Crippen LogP contribution in [-0.2, 0) is 16.1 Å². The van der Waals surface area contributed by atoms with Crippen molar-refractivity contribution in [3.05, 3.63) is 33.8 Å². The van der Waals surface area contributed by atoms with Crippen molar-refractivity contribution in [3.8, 4) is 0 Å². The lowest BCUT2D eigenvalue weighted by molar-refractivity contribution is -0.138. The highest BCUT2D eigenvalue weighted by molar-refractivity contribution is 9.10. The molecule has 1 heterocycles. The average molecular weight is 314 g/mol. The lowest BCUT2D eigenvalue weighted by Crippen LogP contribution is -2.42. The Balaban J connectivity index is 1.99. The summed E-state index contributed by atoms with van der Waals surface area (Å²) < 4.78 is 1.13. The van der Waals surface area contributed by atoms with Crippen LogP contribution in [0.4, 0.5) is 0 Å². The molecule has 1 fully saturated rings. The second kappa shape index (κ2) is 4.00. The maximum Gasteiger partial charge on any atom is 0.321 e. The number of hydrogen-bond donors (Lipinski definition) is 2. The Labute approximate surface area is 112 Å². The molecule has 0 aromatic heterocycles. The van der Waals surface area contributed by atoms with Crippen LogP contribution in [0.25, 0.3) is 0 Å². The number of halogens is 1. The van der Waals surface area contributed by atoms with Crippen LogP contribution in [0.2, 0.25) is 0 Å². The summed E-state index contributed by atoms with van der Waals surface area (Å²) in [6, 6.07) is 5.75. The van der Waals surface area contributed by atoms with Gasteiger partial charge in [0.25, 0.3) is 0 Å². The fourth-order valence-electron chi connectivity index (χ4n) is 2.65. The molecule has 17 heavy (non-hydrogen) atoms. The predicted molar refractivity (Wildman–Crippen MR) is 71.2 cm³/mol. The lowest BCUT2D eigenvalue weighted by Gasteiger charge is -2.25. The molecule has 2 atom stereocenters. The van der Waals surface area contributed by atoms with Crippen molar-refractivity contribution in [2.45, 2.75) is 23.8 Å². The Morgan fingerprint density at radius 2 is 2.41 bits per heavy atom. The van der Waals surface area contributed by atoms with Crippen molar-refractivity contribution in [2.24, 2.45) is 0 Å². The van der Waals surface area contributed by atoms with Gasteiger partial charge in [-0.3, -0.25) is 10.1 Å². The molecule has 1 spiro atoms. The highest BCUT2D eigenvalue weighted by Gasteiger charge is 2.47. The first-order chi connectivity index (χ1) is 8.12. The van der Waals surface area contributed by atoms with Gasteiger partial charge in [-0.25, -0.2) is 0 Å². The van der Waals surface area contributed by atoms with Gasteiger partial charge in [-0.15, -0.1) is 11.8 Å². The second-order valence-corrected chi connectivity index (χ2v) is 6.61. The number of carboxylic acid groups (broad SMARTS) is 1. The number of aliphatic carboxylic acids is 1. The van der Waals surface area contributed by atoms with Crippen LogP contribution in [0.1, 0.15) is 17.5 Å². The van der Waals surface area contributed by atoms with E-state index in [0.29, 0.717) is 5.75 Å². The quantitative estimate of drug-likeness (QED) is 0.835. The smallest absolute Gasteiger partial charge is 0.321 e. The normalized spacial score (nSPS) is 30.8. The minimum atomic E-state index is -0.752. The van der Waals surface area contributed by atoms with Gasteiger partial charge in [0.15, 0.2) is 0 Å². The average Bonchev–Trinajstić information content (AvgIpc) is 2.87. The highest BCUT2D eigenvalue weighted by Crippen LogP contribution is 2.50. The van der Waals surface area contributed by atoms with Crippen LogP contribution in [0, 0.1) is 0 Å². The van der Waals surface area contributed by atoms with Gasteiger partial charge in [-0.2, -0.15) is 0 Å². The largest absolute Gasteiger partial charge is 0.480 e. The van der Waals surface area contributed by atoms with E-state index in [2.05, 4.69) is 27.3 Å². The van der Waals surface area contributed by atoms with E-state index in [1.807, 2.05) is 12.1 Å². The highest BCUT2D eigenvalue weighted by atomic mass is 79.9. The van der Waals surface area contributed by atoms with Crippen LogP contribution in [-0.4, -0.2) is 22.9 Å². The summed E-state index contributed by atoms with van der Waals surface area (Å²) in [7, 11) is 0. The number of nitrogens with one attached hydrogen (secondary N) is 1.